The van der Waals surface area contributed by atoms with Crippen molar-refractivity contribution in [3.8, 4) is 22.6 Å². The summed E-state index contributed by atoms with van der Waals surface area (Å²) in [5, 5.41) is 0. The van der Waals surface area contributed by atoms with Crippen LogP contribution < -0.4 is 9.47 Å². The van der Waals surface area contributed by atoms with Gasteiger partial charge >= 0.3 is 0 Å². The van der Waals surface area contributed by atoms with Crippen LogP contribution in [0.2, 0.25) is 0 Å². The first-order valence-electron chi connectivity index (χ1n) is 12.5. The molecule has 187 valence electrons. The van der Waals surface area contributed by atoms with Crippen LogP contribution in [-0.2, 0) is 34.1 Å². The van der Waals surface area contributed by atoms with Crippen LogP contribution in [0.3, 0.4) is 0 Å². The first-order valence-corrected chi connectivity index (χ1v) is 14.5. The topological polar surface area (TPSA) is 69.7 Å². The Morgan fingerprint density at radius 3 is 2.44 bits per heavy atom. The number of ether oxygens (including phenoxy) is 2. The molecule has 0 bridgehead atoms. The van der Waals surface area contributed by atoms with Crippen LogP contribution in [0.5, 0.6) is 11.5 Å². The molecule has 0 amide bonds. The SMILES string of the molecule is Cc1cc(OCCCS(C)(=O)=O)cc2c1-c1cc(COc3ccc([C@H]4C[C@@H]4[C]=O)cc3)ccc1CC2. The quantitative estimate of drug-likeness (QED) is 0.348. The molecule has 6 heteroatoms. The van der Waals surface area contributed by atoms with E-state index in [1.165, 1.54) is 34.1 Å². The molecule has 0 saturated heterocycles. The van der Waals surface area contributed by atoms with Crippen molar-refractivity contribution in [1.29, 1.82) is 0 Å². The van der Waals surface area contributed by atoms with Crippen molar-refractivity contribution in [2.24, 2.45) is 5.92 Å². The van der Waals surface area contributed by atoms with E-state index in [0.29, 0.717) is 25.6 Å². The molecule has 2 aliphatic rings. The second kappa shape index (κ2) is 10.1. The fourth-order valence-electron chi connectivity index (χ4n) is 5.11. The second-order valence-corrected chi connectivity index (χ2v) is 12.3. The van der Waals surface area contributed by atoms with Crippen molar-refractivity contribution in [2.75, 3.05) is 18.6 Å². The first-order chi connectivity index (χ1) is 17.3. The third kappa shape index (κ3) is 5.65. The van der Waals surface area contributed by atoms with E-state index < -0.39 is 9.84 Å². The van der Waals surface area contributed by atoms with Crippen molar-refractivity contribution in [2.45, 2.75) is 45.1 Å². The zero-order chi connectivity index (χ0) is 25.3. The Labute approximate surface area is 213 Å². The summed E-state index contributed by atoms with van der Waals surface area (Å²) < 4.78 is 34.6. The van der Waals surface area contributed by atoms with Gasteiger partial charge in [-0.2, -0.15) is 0 Å². The molecule has 0 spiro atoms. The monoisotopic (exact) mass is 503 g/mol. The summed E-state index contributed by atoms with van der Waals surface area (Å²) in [6, 6.07) is 18.8. The van der Waals surface area contributed by atoms with E-state index in [1.54, 1.807) is 0 Å². The molecule has 1 radical (unpaired) electrons. The molecule has 2 atom stereocenters. The Hall–Kier alpha value is -3.12. The van der Waals surface area contributed by atoms with Gasteiger partial charge in [0.1, 0.15) is 27.9 Å². The molecule has 5 rings (SSSR count). The third-order valence-electron chi connectivity index (χ3n) is 7.08. The zero-order valence-corrected chi connectivity index (χ0v) is 21.6. The van der Waals surface area contributed by atoms with Crippen LogP contribution in [0.1, 0.15) is 46.6 Å². The molecule has 1 fully saturated rings. The summed E-state index contributed by atoms with van der Waals surface area (Å²) in [6.45, 7) is 2.98. The van der Waals surface area contributed by atoms with Gasteiger partial charge in [0.2, 0.25) is 6.29 Å². The Morgan fingerprint density at radius 2 is 1.72 bits per heavy atom. The number of sulfone groups is 1. The predicted octanol–water partition coefficient (Wildman–Crippen LogP) is 5.37. The lowest BCUT2D eigenvalue weighted by atomic mass is 9.82. The van der Waals surface area contributed by atoms with E-state index in [4.69, 9.17) is 9.47 Å². The highest BCUT2D eigenvalue weighted by Crippen LogP contribution is 2.46. The van der Waals surface area contributed by atoms with Crippen LogP contribution in [-0.4, -0.2) is 33.3 Å². The summed E-state index contributed by atoms with van der Waals surface area (Å²) in [6.07, 6.45) is 6.66. The third-order valence-corrected chi connectivity index (χ3v) is 8.11. The Kier molecular flexibility index (Phi) is 6.89. The average Bonchev–Trinajstić information content (AvgIpc) is 3.65. The van der Waals surface area contributed by atoms with Crippen LogP contribution >= 0.6 is 0 Å². The molecule has 5 nitrogen and oxygen atoms in total. The maximum Gasteiger partial charge on any atom is 0.202 e. The number of aryl methyl sites for hydroxylation is 3. The maximum atomic E-state index is 11.3. The van der Waals surface area contributed by atoms with Crippen LogP contribution in [0, 0.1) is 12.8 Å². The number of rotatable bonds is 10. The smallest absolute Gasteiger partial charge is 0.202 e. The van der Waals surface area contributed by atoms with Crippen molar-refractivity contribution >= 4 is 16.1 Å². The standard InChI is InChI=1S/C30H31O5S/c1-20-14-27(34-12-3-13-36(2,32)33)16-24-7-6-23-5-4-21(15-29(23)30(20)24)19-35-26-10-8-22(9-11-26)28-17-25(28)18-31/h4-5,8-11,14-16,25,28H,3,6-7,12-13,17,19H2,1-2H3/t25-,28-/m1/s1. The molecular weight excluding hydrogens is 472 g/mol. The molecular formula is C30H31O5S. The normalized spacial score (nSPS) is 18.2. The minimum Gasteiger partial charge on any atom is -0.494 e. The van der Waals surface area contributed by atoms with E-state index in [1.807, 2.05) is 30.3 Å². The number of benzene rings is 3. The average molecular weight is 504 g/mol. The molecule has 0 unspecified atom stereocenters. The van der Waals surface area contributed by atoms with Gasteiger partial charge in [-0.15, -0.1) is 0 Å². The summed E-state index contributed by atoms with van der Waals surface area (Å²) in [5.41, 5.74) is 8.56. The summed E-state index contributed by atoms with van der Waals surface area (Å²) in [7, 11) is -2.97. The van der Waals surface area contributed by atoms with Gasteiger partial charge in [-0.1, -0.05) is 24.3 Å². The summed E-state index contributed by atoms with van der Waals surface area (Å²) in [4.78, 5) is 10.8. The molecule has 3 aromatic rings. The van der Waals surface area contributed by atoms with Gasteiger partial charge < -0.3 is 9.47 Å². The zero-order valence-electron chi connectivity index (χ0n) is 20.8. The molecule has 0 N–H and O–H groups in total. The molecule has 0 aromatic heterocycles. The number of fused-ring (bicyclic) bond motifs is 3. The summed E-state index contributed by atoms with van der Waals surface area (Å²) >= 11 is 0. The maximum absolute atomic E-state index is 11.3. The van der Waals surface area contributed by atoms with Gasteiger partial charge in [0.15, 0.2) is 0 Å². The van der Waals surface area contributed by atoms with Gasteiger partial charge in [-0.3, -0.25) is 4.79 Å². The van der Waals surface area contributed by atoms with Crippen LogP contribution in [0.4, 0.5) is 0 Å². The highest BCUT2D eigenvalue weighted by Gasteiger charge is 2.38. The van der Waals surface area contributed by atoms with Gasteiger partial charge in [0.25, 0.3) is 0 Å². The van der Waals surface area contributed by atoms with Crippen molar-refractivity contribution in [3.05, 3.63) is 82.4 Å². The minimum absolute atomic E-state index is 0.0566. The van der Waals surface area contributed by atoms with E-state index >= 15 is 0 Å². The van der Waals surface area contributed by atoms with E-state index in [-0.39, 0.29) is 11.7 Å². The van der Waals surface area contributed by atoms with Gasteiger partial charge in [-0.05, 0) is 108 Å². The Morgan fingerprint density at radius 1 is 0.944 bits per heavy atom. The highest BCUT2D eigenvalue weighted by atomic mass is 32.2. The van der Waals surface area contributed by atoms with Crippen molar-refractivity contribution in [1.82, 2.24) is 0 Å². The molecule has 36 heavy (non-hydrogen) atoms. The fraction of sp³-hybridized carbons (Fsp3) is 0.367. The van der Waals surface area contributed by atoms with Gasteiger partial charge in [-0.25, -0.2) is 8.42 Å². The number of hydrogen-bond acceptors (Lipinski definition) is 5. The lowest BCUT2D eigenvalue weighted by Crippen LogP contribution is -2.10. The van der Waals surface area contributed by atoms with Crippen LogP contribution in [0.25, 0.3) is 11.1 Å². The van der Waals surface area contributed by atoms with E-state index in [0.717, 1.165) is 41.9 Å². The Balaban J connectivity index is 1.26. The molecule has 2 aliphatic carbocycles. The lowest BCUT2D eigenvalue weighted by molar-refractivity contribution is 0.306. The van der Waals surface area contributed by atoms with Crippen molar-refractivity contribution < 1.29 is 22.7 Å². The van der Waals surface area contributed by atoms with Crippen LogP contribution in [0.15, 0.2) is 54.6 Å². The number of hydrogen-bond donors (Lipinski definition) is 0. The largest absolute Gasteiger partial charge is 0.494 e. The van der Waals surface area contributed by atoms with Gasteiger partial charge in [0, 0.05) is 12.2 Å². The first kappa shape index (κ1) is 24.6. The predicted molar refractivity (Wildman–Crippen MR) is 141 cm³/mol. The molecule has 0 heterocycles. The lowest BCUT2D eigenvalue weighted by Gasteiger charge is -2.24. The van der Waals surface area contributed by atoms with Gasteiger partial charge in [0.05, 0.1) is 12.4 Å². The number of carbonyl (C=O) groups excluding carboxylic acids is 1. The summed E-state index contributed by atoms with van der Waals surface area (Å²) in [5.74, 6) is 2.13. The fourth-order valence-corrected chi connectivity index (χ4v) is 5.75. The molecule has 3 aromatic carbocycles. The van der Waals surface area contributed by atoms with Crippen molar-refractivity contribution in [3.63, 3.8) is 0 Å². The van der Waals surface area contributed by atoms with E-state index in [2.05, 4.69) is 37.5 Å². The Bertz CT molecular complexity index is 1380. The minimum atomic E-state index is -2.97. The second-order valence-electron chi connectivity index (χ2n) is 10.0. The highest BCUT2D eigenvalue weighted by molar-refractivity contribution is 7.90. The molecule has 1 saturated carbocycles. The molecule has 0 aliphatic heterocycles. The van der Waals surface area contributed by atoms with E-state index in [9.17, 15) is 13.2 Å².